The standard InChI is InChI=1S/C27H36N2O3/c1-5-25(27(31)28-23-11-6-7-12-23)29(17-22-10-8-9-19(2)14-22)26(30)18-32-24-15-20(3)13-21(4)16-24/h8-10,13-16,23,25H,5-7,11-12,17-18H2,1-4H3,(H,28,31). The third kappa shape index (κ3) is 6.59. The maximum Gasteiger partial charge on any atom is 0.261 e. The molecule has 0 spiro atoms. The van der Waals surface area contributed by atoms with Gasteiger partial charge >= 0.3 is 0 Å². The minimum atomic E-state index is -0.522. The second-order valence-corrected chi connectivity index (χ2v) is 9.04. The summed E-state index contributed by atoms with van der Waals surface area (Å²) in [4.78, 5) is 28.2. The van der Waals surface area contributed by atoms with Gasteiger partial charge in [-0.25, -0.2) is 0 Å². The first-order valence-corrected chi connectivity index (χ1v) is 11.7. The first-order chi connectivity index (χ1) is 15.4. The minimum Gasteiger partial charge on any atom is -0.484 e. The molecule has 0 bridgehead atoms. The van der Waals surface area contributed by atoms with Gasteiger partial charge in [0.25, 0.3) is 5.91 Å². The van der Waals surface area contributed by atoms with E-state index in [4.69, 9.17) is 4.74 Å². The van der Waals surface area contributed by atoms with Gasteiger partial charge in [-0.3, -0.25) is 9.59 Å². The van der Waals surface area contributed by atoms with E-state index in [0.29, 0.717) is 18.7 Å². The summed E-state index contributed by atoms with van der Waals surface area (Å²) in [5.74, 6) is 0.431. The molecule has 1 aliphatic rings. The number of amides is 2. The summed E-state index contributed by atoms with van der Waals surface area (Å²) in [6, 6.07) is 13.7. The van der Waals surface area contributed by atoms with E-state index in [1.54, 1.807) is 4.90 Å². The molecule has 0 heterocycles. The van der Waals surface area contributed by atoms with Gasteiger partial charge in [-0.2, -0.15) is 0 Å². The Bertz CT molecular complexity index is 914. The molecule has 2 aromatic rings. The Labute approximate surface area is 192 Å². The van der Waals surface area contributed by atoms with Crippen molar-refractivity contribution in [3.8, 4) is 5.75 Å². The van der Waals surface area contributed by atoms with Crippen LogP contribution in [0.2, 0.25) is 0 Å². The van der Waals surface area contributed by atoms with Crippen LogP contribution in [0.3, 0.4) is 0 Å². The summed E-state index contributed by atoms with van der Waals surface area (Å²) < 4.78 is 5.86. The Balaban J connectivity index is 1.77. The SMILES string of the molecule is CCC(C(=O)NC1CCCC1)N(Cc1cccc(C)c1)C(=O)COc1cc(C)cc(C)c1. The van der Waals surface area contributed by atoms with Gasteiger partial charge in [-0.1, -0.05) is 55.7 Å². The van der Waals surface area contributed by atoms with E-state index in [1.165, 1.54) is 0 Å². The lowest BCUT2D eigenvalue weighted by molar-refractivity contribution is -0.143. The van der Waals surface area contributed by atoms with Crippen LogP contribution in [0.25, 0.3) is 0 Å². The van der Waals surface area contributed by atoms with Crippen molar-refractivity contribution >= 4 is 11.8 Å². The highest BCUT2D eigenvalue weighted by molar-refractivity contribution is 5.88. The Hall–Kier alpha value is -2.82. The van der Waals surface area contributed by atoms with Crippen molar-refractivity contribution in [3.63, 3.8) is 0 Å². The van der Waals surface area contributed by atoms with Crippen LogP contribution in [0.5, 0.6) is 5.75 Å². The predicted octanol–water partition coefficient (Wildman–Crippen LogP) is 4.86. The van der Waals surface area contributed by atoms with E-state index in [-0.39, 0.29) is 24.5 Å². The summed E-state index contributed by atoms with van der Waals surface area (Å²) in [6.45, 7) is 8.29. The molecule has 5 nitrogen and oxygen atoms in total. The third-order valence-corrected chi connectivity index (χ3v) is 6.08. The van der Waals surface area contributed by atoms with Crippen LogP contribution >= 0.6 is 0 Å². The molecule has 0 radical (unpaired) electrons. The molecular weight excluding hydrogens is 400 g/mol. The molecule has 0 saturated heterocycles. The number of carbonyl (C=O) groups excluding carboxylic acids is 2. The highest BCUT2D eigenvalue weighted by Gasteiger charge is 2.30. The Morgan fingerprint density at radius 3 is 2.34 bits per heavy atom. The molecule has 0 aliphatic heterocycles. The monoisotopic (exact) mass is 436 g/mol. The number of rotatable bonds is 9. The van der Waals surface area contributed by atoms with Crippen LogP contribution in [0, 0.1) is 20.8 Å². The van der Waals surface area contributed by atoms with Crippen molar-refractivity contribution in [2.75, 3.05) is 6.61 Å². The topological polar surface area (TPSA) is 58.6 Å². The zero-order valence-corrected chi connectivity index (χ0v) is 19.8. The van der Waals surface area contributed by atoms with Crippen LogP contribution in [-0.4, -0.2) is 35.4 Å². The molecule has 1 unspecified atom stereocenters. The summed E-state index contributed by atoms with van der Waals surface area (Å²) in [5.41, 5.74) is 4.32. The largest absolute Gasteiger partial charge is 0.484 e. The van der Waals surface area contributed by atoms with E-state index >= 15 is 0 Å². The molecule has 0 aromatic heterocycles. The lowest BCUT2D eigenvalue weighted by atomic mass is 10.1. The maximum atomic E-state index is 13.3. The second kappa shape index (κ2) is 11.2. The molecule has 2 amide bonds. The summed E-state index contributed by atoms with van der Waals surface area (Å²) in [5, 5.41) is 3.18. The number of hydrogen-bond donors (Lipinski definition) is 1. The van der Waals surface area contributed by atoms with E-state index in [0.717, 1.165) is 47.9 Å². The molecule has 1 aliphatic carbocycles. The number of carbonyl (C=O) groups is 2. The maximum absolute atomic E-state index is 13.3. The quantitative estimate of drug-likeness (QED) is 0.611. The fraction of sp³-hybridized carbons (Fsp3) is 0.481. The van der Waals surface area contributed by atoms with Crippen molar-refractivity contribution in [1.82, 2.24) is 10.2 Å². The summed E-state index contributed by atoms with van der Waals surface area (Å²) in [7, 11) is 0. The molecule has 1 saturated carbocycles. The highest BCUT2D eigenvalue weighted by Crippen LogP contribution is 2.20. The Morgan fingerprint density at radius 2 is 1.72 bits per heavy atom. The zero-order chi connectivity index (χ0) is 23.1. The second-order valence-electron chi connectivity index (χ2n) is 9.04. The third-order valence-electron chi connectivity index (χ3n) is 6.08. The van der Waals surface area contributed by atoms with Gasteiger partial charge in [0.2, 0.25) is 5.91 Å². The lowest BCUT2D eigenvalue weighted by Crippen LogP contribution is -2.52. The van der Waals surface area contributed by atoms with Crippen molar-refractivity contribution in [2.45, 2.75) is 78.4 Å². The van der Waals surface area contributed by atoms with Crippen molar-refractivity contribution in [3.05, 3.63) is 64.7 Å². The fourth-order valence-corrected chi connectivity index (χ4v) is 4.54. The molecule has 32 heavy (non-hydrogen) atoms. The van der Waals surface area contributed by atoms with Crippen LogP contribution in [0.4, 0.5) is 0 Å². The molecule has 3 rings (SSSR count). The van der Waals surface area contributed by atoms with Crippen LogP contribution in [0.1, 0.15) is 61.3 Å². The van der Waals surface area contributed by atoms with Crippen LogP contribution in [0.15, 0.2) is 42.5 Å². The van der Waals surface area contributed by atoms with Gasteiger partial charge in [-0.15, -0.1) is 0 Å². The van der Waals surface area contributed by atoms with Crippen molar-refractivity contribution in [2.24, 2.45) is 0 Å². The van der Waals surface area contributed by atoms with E-state index in [9.17, 15) is 9.59 Å². The smallest absolute Gasteiger partial charge is 0.261 e. The molecule has 1 fully saturated rings. The lowest BCUT2D eigenvalue weighted by Gasteiger charge is -2.31. The first kappa shape index (κ1) is 23.8. The van der Waals surface area contributed by atoms with E-state index < -0.39 is 6.04 Å². The normalized spacial score (nSPS) is 14.8. The highest BCUT2D eigenvalue weighted by atomic mass is 16.5. The van der Waals surface area contributed by atoms with Gasteiger partial charge in [0.15, 0.2) is 6.61 Å². The van der Waals surface area contributed by atoms with Crippen LogP contribution in [-0.2, 0) is 16.1 Å². The van der Waals surface area contributed by atoms with Gasteiger partial charge in [0.05, 0.1) is 0 Å². The first-order valence-electron chi connectivity index (χ1n) is 11.7. The summed E-state index contributed by atoms with van der Waals surface area (Å²) in [6.07, 6.45) is 4.89. The van der Waals surface area contributed by atoms with E-state index in [1.807, 2.05) is 58.0 Å². The average molecular weight is 437 g/mol. The fourth-order valence-electron chi connectivity index (χ4n) is 4.54. The number of nitrogens with one attached hydrogen (secondary N) is 1. The predicted molar refractivity (Wildman–Crippen MR) is 128 cm³/mol. The van der Waals surface area contributed by atoms with Crippen molar-refractivity contribution < 1.29 is 14.3 Å². The van der Waals surface area contributed by atoms with Gasteiger partial charge in [0.1, 0.15) is 11.8 Å². The van der Waals surface area contributed by atoms with Crippen LogP contribution < -0.4 is 10.1 Å². The Morgan fingerprint density at radius 1 is 1.03 bits per heavy atom. The molecular formula is C27H36N2O3. The zero-order valence-electron chi connectivity index (χ0n) is 19.8. The molecule has 1 N–H and O–H groups in total. The van der Waals surface area contributed by atoms with Gasteiger partial charge in [-0.05, 0) is 68.9 Å². The van der Waals surface area contributed by atoms with Gasteiger partial charge in [0, 0.05) is 12.6 Å². The van der Waals surface area contributed by atoms with E-state index in [2.05, 4.69) is 17.4 Å². The molecule has 172 valence electrons. The van der Waals surface area contributed by atoms with Gasteiger partial charge < -0.3 is 15.0 Å². The number of benzene rings is 2. The number of nitrogens with zero attached hydrogens (tertiary/aromatic N) is 1. The number of ether oxygens (including phenoxy) is 1. The Kier molecular flexibility index (Phi) is 8.32. The minimum absolute atomic E-state index is 0.0631. The van der Waals surface area contributed by atoms with Crippen molar-refractivity contribution in [1.29, 1.82) is 0 Å². The molecule has 1 atom stereocenters. The molecule has 2 aromatic carbocycles. The molecule has 5 heteroatoms. The summed E-state index contributed by atoms with van der Waals surface area (Å²) >= 11 is 0. The number of hydrogen-bond acceptors (Lipinski definition) is 3. The average Bonchev–Trinajstić information content (AvgIpc) is 3.24. The number of aryl methyl sites for hydroxylation is 3.